The molecule has 20 heavy (non-hydrogen) atoms. The second-order valence-corrected chi connectivity index (χ2v) is 6.17. The second-order valence-electron chi connectivity index (χ2n) is 3.98. The number of imide groups is 1. The molecule has 1 N–H and O–H groups in total. The first-order valence-electron chi connectivity index (χ1n) is 5.69. The van der Waals surface area contributed by atoms with Gasteiger partial charge in [-0.05, 0) is 34.1 Å². The van der Waals surface area contributed by atoms with Crippen molar-refractivity contribution in [3.05, 3.63) is 33.3 Å². The molecule has 0 bridgehead atoms. The van der Waals surface area contributed by atoms with Crippen LogP contribution in [0.1, 0.15) is 10.4 Å². The van der Waals surface area contributed by atoms with Crippen molar-refractivity contribution in [2.75, 3.05) is 18.8 Å². The minimum Gasteiger partial charge on any atom is -0.350 e. The third-order valence-corrected chi connectivity index (χ3v) is 4.73. The highest BCUT2D eigenvalue weighted by atomic mass is 79.9. The van der Waals surface area contributed by atoms with E-state index in [1.807, 2.05) is 0 Å². The van der Waals surface area contributed by atoms with Crippen LogP contribution in [0.15, 0.2) is 22.7 Å². The number of carbonyl (C=O) groups is 3. The van der Waals surface area contributed by atoms with E-state index in [0.29, 0.717) is 15.1 Å². The van der Waals surface area contributed by atoms with Gasteiger partial charge in [-0.1, -0.05) is 23.4 Å². The van der Waals surface area contributed by atoms with Gasteiger partial charge < -0.3 is 5.32 Å². The molecule has 1 fully saturated rings. The molecule has 1 heterocycles. The molecular formula is C12H10BrClN2O3S. The molecule has 0 aromatic heterocycles. The number of rotatable bonds is 4. The van der Waals surface area contributed by atoms with E-state index in [9.17, 15) is 14.4 Å². The Morgan fingerprint density at radius 3 is 2.80 bits per heavy atom. The van der Waals surface area contributed by atoms with Crippen LogP contribution in [0.25, 0.3) is 0 Å². The summed E-state index contributed by atoms with van der Waals surface area (Å²) >= 11 is 10.1. The number of hydrogen-bond acceptors (Lipinski definition) is 4. The number of benzene rings is 1. The smallest absolute Gasteiger partial charge is 0.288 e. The second kappa shape index (κ2) is 6.60. The lowest BCUT2D eigenvalue weighted by Gasteiger charge is -2.13. The van der Waals surface area contributed by atoms with Crippen LogP contribution in [0, 0.1) is 0 Å². The number of hydrogen-bond donors (Lipinski definition) is 1. The predicted molar refractivity (Wildman–Crippen MR) is 81.1 cm³/mol. The lowest BCUT2D eigenvalue weighted by atomic mass is 10.2. The van der Waals surface area contributed by atoms with Crippen LogP contribution in [0.2, 0.25) is 5.02 Å². The Balaban J connectivity index is 1.87. The molecule has 106 valence electrons. The number of halogens is 2. The molecule has 0 radical (unpaired) electrons. The fourth-order valence-corrected chi connectivity index (χ4v) is 2.80. The SMILES string of the molecule is O=C(NCCN1C(=O)CSC1=O)c1ccc(Br)c(Cl)c1. The van der Waals surface area contributed by atoms with Crippen LogP contribution in [0.3, 0.4) is 0 Å². The maximum atomic E-state index is 11.9. The molecule has 1 aromatic carbocycles. The molecule has 0 spiro atoms. The highest BCUT2D eigenvalue weighted by Gasteiger charge is 2.29. The molecule has 8 heteroatoms. The Kier molecular flexibility index (Phi) is 5.06. The molecule has 1 aliphatic heterocycles. The maximum Gasteiger partial charge on any atom is 0.288 e. The van der Waals surface area contributed by atoms with Gasteiger partial charge in [-0.3, -0.25) is 19.3 Å². The fourth-order valence-electron chi connectivity index (χ4n) is 1.62. The van der Waals surface area contributed by atoms with Crippen LogP contribution in [0.5, 0.6) is 0 Å². The number of thioether (sulfide) groups is 1. The van der Waals surface area contributed by atoms with E-state index in [0.717, 1.165) is 16.7 Å². The summed E-state index contributed by atoms with van der Waals surface area (Å²) in [5.41, 5.74) is 0.423. The highest BCUT2D eigenvalue weighted by molar-refractivity contribution is 9.10. The van der Waals surface area contributed by atoms with Gasteiger partial charge in [0.05, 0.1) is 10.8 Å². The topological polar surface area (TPSA) is 66.5 Å². The molecule has 0 saturated carbocycles. The molecule has 0 aliphatic carbocycles. The van der Waals surface area contributed by atoms with Gasteiger partial charge in [0.1, 0.15) is 0 Å². The lowest BCUT2D eigenvalue weighted by Crippen LogP contribution is -2.37. The summed E-state index contributed by atoms with van der Waals surface area (Å²) in [5.74, 6) is -0.346. The summed E-state index contributed by atoms with van der Waals surface area (Å²) in [6.45, 7) is 0.394. The number of nitrogens with zero attached hydrogens (tertiary/aromatic N) is 1. The maximum absolute atomic E-state index is 11.9. The van der Waals surface area contributed by atoms with Crippen molar-refractivity contribution in [2.45, 2.75) is 0 Å². The minimum absolute atomic E-state index is 0.176. The van der Waals surface area contributed by atoms with Gasteiger partial charge in [-0.25, -0.2) is 0 Å². The van der Waals surface area contributed by atoms with E-state index in [1.54, 1.807) is 18.2 Å². The van der Waals surface area contributed by atoms with Gasteiger partial charge in [-0.15, -0.1) is 0 Å². The Bertz CT molecular complexity index is 566. The van der Waals surface area contributed by atoms with Gasteiger partial charge in [0.15, 0.2) is 0 Å². The Labute approximate surface area is 133 Å². The number of nitrogens with one attached hydrogen (secondary N) is 1. The zero-order valence-electron chi connectivity index (χ0n) is 10.2. The summed E-state index contributed by atoms with van der Waals surface area (Å²) < 4.78 is 0.709. The van der Waals surface area contributed by atoms with Gasteiger partial charge >= 0.3 is 0 Å². The average molecular weight is 378 g/mol. The normalized spacial score (nSPS) is 14.8. The van der Waals surface area contributed by atoms with E-state index < -0.39 is 0 Å². The van der Waals surface area contributed by atoms with Crippen molar-refractivity contribution in [2.24, 2.45) is 0 Å². The summed E-state index contributed by atoms with van der Waals surface area (Å²) in [6.07, 6.45) is 0. The molecular weight excluding hydrogens is 368 g/mol. The third kappa shape index (κ3) is 3.53. The third-order valence-electron chi connectivity index (χ3n) is 2.64. The number of amides is 3. The van der Waals surface area contributed by atoms with Crippen LogP contribution < -0.4 is 5.32 Å². The van der Waals surface area contributed by atoms with Crippen molar-refractivity contribution >= 4 is 56.3 Å². The molecule has 3 amide bonds. The standard InChI is InChI=1S/C12H10BrClN2O3S/c13-8-2-1-7(5-9(8)14)11(18)15-3-4-16-10(17)6-20-12(16)19/h1-2,5H,3-4,6H2,(H,15,18). The van der Waals surface area contributed by atoms with Crippen LogP contribution in [-0.2, 0) is 4.79 Å². The first-order chi connectivity index (χ1) is 9.49. The first-order valence-corrected chi connectivity index (χ1v) is 7.85. The predicted octanol–water partition coefficient (Wildman–Crippen LogP) is 2.53. The van der Waals surface area contributed by atoms with Gasteiger partial charge in [0.2, 0.25) is 5.91 Å². The molecule has 0 unspecified atom stereocenters. The molecule has 1 saturated heterocycles. The molecule has 0 atom stereocenters. The zero-order chi connectivity index (χ0) is 14.7. The van der Waals surface area contributed by atoms with E-state index >= 15 is 0 Å². The van der Waals surface area contributed by atoms with Crippen LogP contribution in [-0.4, -0.2) is 40.8 Å². The van der Waals surface area contributed by atoms with Crippen molar-refractivity contribution in [1.29, 1.82) is 0 Å². The molecule has 1 aromatic rings. The Morgan fingerprint density at radius 1 is 1.45 bits per heavy atom. The average Bonchev–Trinajstić information content (AvgIpc) is 2.73. The highest BCUT2D eigenvalue weighted by Crippen LogP contribution is 2.23. The minimum atomic E-state index is -0.300. The Morgan fingerprint density at radius 2 is 2.20 bits per heavy atom. The van der Waals surface area contributed by atoms with Crippen molar-refractivity contribution < 1.29 is 14.4 Å². The van der Waals surface area contributed by atoms with E-state index in [-0.39, 0.29) is 35.9 Å². The zero-order valence-corrected chi connectivity index (χ0v) is 13.3. The van der Waals surface area contributed by atoms with Gasteiger partial charge in [0.25, 0.3) is 11.1 Å². The largest absolute Gasteiger partial charge is 0.350 e. The Hall–Kier alpha value is -1.05. The summed E-state index contributed by atoms with van der Waals surface area (Å²) in [4.78, 5) is 35.7. The molecule has 2 rings (SSSR count). The van der Waals surface area contributed by atoms with Crippen molar-refractivity contribution in [3.8, 4) is 0 Å². The van der Waals surface area contributed by atoms with Gasteiger partial charge in [0, 0.05) is 23.1 Å². The monoisotopic (exact) mass is 376 g/mol. The van der Waals surface area contributed by atoms with Crippen LogP contribution in [0.4, 0.5) is 4.79 Å². The number of carbonyl (C=O) groups excluding carboxylic acids is 3. The summed E-state index contributed by atoms with van der Waals surface area (Å²) in [5, 5.41) is 2.82. The first kappa shape index (κ1) is 15.3. The molecule has 5 nitrogen and oxygen atoms in total. The van der Waals surface area contributed by atoms with E-state index in [1.165, 1.54) is 0 Å². The lowest BCUT2D eigenvalue weighted by molar-refractivity contribution is -0.124. The van der Waals surface area contributed by atoms with Crippen LogP contribution >= 0.6 is 39.3 Å². The summed E-state index contributed by atoms with van der Waals surface area (Å²) in [6, 6.07) is 4.86. The summed E-state index contributed by atoms with van der Waals surface area (Å²) in [7, 11) is 0. The quantitative estimate of drug-likeness (QED) is 0.875. The van der Waals surface area contributed by atoms with Crippen molar-refractivity contribution in [3.63, 3.8) is 0 Å². The van der Waals surface area contributed by atoms with E-state index in [2.05, 4.69) is 21.2 Å². The van der Waals surface area contributed by atoms with Crippen molar-refractivity contribution in [1.82, 2.24) is 10.2 Å². The van der Waals surface area contributed by atoms with Gasteiger partial charge in [-0.2, -0.15) is 0 Å². The van der Waals surface area contributed by atoms with E-state index in [4.69, 9.17) is 11.6 Å². The fraction of sp³-hybridized carbons (Fsp3) is 0.250. The molecule has 1 aliphatic rings.